The van der Waals surface area contributed by atoms with E-state index in [0.717, 1.165) is 10.6 Å². The minimum Gasteiger partial charge on any atom is -0.314 e. The van der Waals surface area contributed by atoms with Gasteiger partial charge in [0.05, 0.1) is 0 Å². The number of hydrogen-bond acceptors (Lipinski definition) is 1. The zero-order chi connectivity index (χ0) is 30.9. The Balaban J connectivity index is 3.35. The van der Waals surface area contributed by atoms with Crippen molar-refractivity contribution >= 4 is 17.8 Å². The molecule has 0 aliphatic carbocycles. The molecule has 0 radical (unpaired) electrons. The highest BCUT2D eigenvalue weighted by molar-refractivity contribution is 7.78. The first-order chi connectivity index (χ1) is 16.9. The van der Waals surface area contributed by atoms with E-state index in [0.29, 0.717) is 0 Å². The van der Waals surface area contributed by atoms with Gasteiger partial charge in [-0.05, 0) is 72.5 Å². The monoisotopic (exact) mass is 552 g/mol. The highest BCUT2D eigenvalue weighted by atomic mass is 31.2. The smallest absolute Gasteiger partial charge is 0.141 e. The van der Waals surface area contributed by atoms with Crippen molar-refractivity contribution < 1.29 is 4.57 Å². The van der Waals surface area contributed by atoms with Gasteiger partial charge in [-0.15, -0.1) is 0 Å². The van der Waals surface area contributed by atoms with Gasteiger partial charge in [0.25, 0.3) is 0 Å². The molecule has 0 saturated carbocycles. The third kappa shape index (κ3) is 7.12. The van der Waals surface area contributed by atoms with Crippen LogP contribution in [-0.2, 0) is 37.1 Å². The molecule has 0 bridgehead atoms. The highest BCUT2D eigenvalue weighted by Crippen LogP contribution is 2.51. The minimum absolute atomic E-state index is 0.00223. The van der Waals surface area contributed by atoms with Crippen LogP contribution in [0.15, 0.2) is 24.3 Å². The lowest BCUT2D eigenvalue weighted by Crippen LogP contribution is -2.39. The molecule has 2 heteroatoms. The van der Waals surface area contributed by atoms with Crippen molar-refractivity contribution in [3.8, 4) is 0 Å². The molecule has 0 fully saturated rings. The van der Waals surface area contributed by atoms with E-state index in [-0.39, 0.29) is 32.5 Å². The van der Waals surface area contributed by atoms with E-state index >= 15 is 4.57 Å². The molecular weight excluding hydrogens is 491 g/mol. The summed E-state index contributed by atoms with van der Waals surface area (Å²) in [6, 6.07) is 9.49. The lowest BCUT2D eigenvalue weighted by atomic mass is 9.75. The molecule has 0 aliphatic heterocycles. The number of benzene rings is 2. The van der Waals surface area contributed by atoms with Crippen LogP contribution in [0.4, 0.5) is 0 Å². The van der Waals surface area contributed by atoms with Crippen LogP contribution in [0.2, 0.25) is 0 Å². The maximum atomic E-state index is 16.0. The van der Waals surface area contributed by atoms with Gasteiger partial charge in [-0.2, -0.15) is 0 Å². The Bertz CT molecular complexity index is 1100. The van der Waals surface area contributed by atoms with Crippen LogP contribution in [0.3, 0.4) is 0 Å². The summed E-state index contributed by atoms with van der Waals surface area (Å²) in [4.78, 5) is 0. The number of hydrogen-bond donors (Lipinski definition) is 0. The van der Waals surface area contributed by atoms with Crippen molar-refractivity contribution in [1.29, 1.82) is 0 Å². The lowest BCUT2D eigenvalue weighted by molar-refractivity contribution is 0.546. The molecule has 2 rings (SSSR count). The molecule has 220 valence electrons. The third-order valence-corrected chi connectivity index (χ3v) is 10.7. The fourth-order valence-corrected chi connectivity index (χ4v) is 9.12. The van der Waals surface area contributed by atoms with E-state index in [9.17, 15) is 0 Å². The molecule has 0 amide bonds. The molecule has 0 heterocycles. The molecule has 0 aliphatic rings. The molecule has 0 unspecified atom stereocenters. The molecule has 1 nitrogen and oxygen atoms in total. The summed E-state index contributed by atoms with van der Waals surface area (Å²) in [7, 11) is -3.08. The normalized spacial score (nSPS) is 14.6. The van der Waals surface area contributed by atoms with Crippen molar-refractivity contribution in [2.75, 3.05) is 6.66 Å². The third-order valence-electron chi connectivity index (χ3n) is 8.04. The van der Waals surface area contributed by atoms with Crippen molar-refractivity contribution in [1.82, 2.24) is 0 Å². The molecular formula is C37H61OP. The first kappa shape index (κ1) is 33.9. The topological polar surface area (TPSA) is 17.1 Å². The summed E-state index contributed by atoms with van der Waals surface area (Å²) in [6.45, 7) is 43.1. The molecule has 39 heavy (non-hydrogen) atoms. The van der Waals surface area contributed by atoms with Crippen LogP contribution in [0, 0.1) is 0 Å². The molecule has 0 N–H and O–H groups in total. The van der Waals surface area contributed by atoms with Gasteiger partial charge in [0.1, 0.15) is 7.14 Å². The Morgan fingerprint density at radius 2 is 0.564 bits per heavy atom. The van der Waals surface area contributed by atoms with Crippen LogP contribution in [-0.4, -0.2) is 6.66 Å². The van der Waals surface area contributed by atoms with Crippen LogP contribution >= 0.6 is 7.14 Å². The predicted molar refractivity (Wildman–Crippen MR) is 178 cm³/mol. The SMILES string of the molecule is CC(C)(C)c1cc(C(C)(C)C)c(P(C)(=O)c2c(C(C)(C)C)cc(C(C)(C)C)cc2C(C)(C)C)c(C(C)(C)C)c1. The predicted octanol–water partition coefficient (Wildman–Crippen LogP) is 10.4. The zero-order valence-electron chi connectivity index (χ0n) is 29.2. The average molecular weight is 553 g/mol. The maximum Gasteiger partial charge on any atom is 0.141 e. The molecule has 0 spiro atoms. The second-order valence-electron chi connectivity index (χ2n) is 18.3. The molecule has 0 atom stereocenters. The van der Waals surface area contributed by atoms with Crippen molar-refractivity contribution in [3.63, 3.8) is 0 Å². The fraction of sp³-hybridized carbons (Fsp3) is 0.676. The Morgan fingerprint density at radius 3 is 0.692 bits per heavy atom. The van der Waals surface area contributed by atoms with Gasteiger partial charge in [0.15, 0.2) is 0 Å². The van der Waals surface area contributed by atoms with Gasteiger partial charge in [0.2, 0.25) is 0 Å². The highest BCUT2D eigenvalue weighted by Gasteiger charge is 2.42. The summed E-state index contributed by atoms with van der Waals surface area (Å²) < 4.78 is 16.0. The standard InChI is InChI=1S/C37H61OP/c1-32(2,3)24-20-26(34(7,8)9)30(27(21-24)35(10,11)12)39(19,38)31-28(36(13,14)15)22-25(33(4,5)6)23-29(31)37(16,17)18/h20-23H,1-19H3. The quantitative estimate of drug-likeness (QED) is 0.339. The molecule has 0 saturated heterocycles. The summed E-state index contributed by atoms with van der Waals surface area (Å²) in [6.07, 6.45) is 0. The lowest BCUT2D eigenvalue weighted by Gasteiger charge is -2.39. The van der Waals surface area contributed by atoms with Gasteiger partial charge >= 0.3 is 0 Å². The van der Waals surface area contributed by atoms with Gasteiger partial charge < -0.3 is 4.57 Å². The first-order valence-electron chi connectivity index (χ1n) is 14.9. The molecule has 0 aromatic heterocycles. The second-order valence-corrected chi connectivity index (χ2v) is 21.0. The van der Waals surface area contributed by atoms with Gasteiger partial charge in [-0.3, -0.25) is 0 Å². The van der Waals surface area contributed by atoms with Gasteiger partial charge in [0, 0.05) is 10.6 Å². The van der Waals surface area contributed by atoms with Crippen molar-refractivity contribution in [3.05, 3.63) is 57.6 Å². The van der Waals surface area contributed by atoms with E-state index in [2.05, 4.69) is 156 Å². The average Bonchev–Trinajstić information content (AvgIpc) is 2.67. The van der Waals surface area contributed by atoms with Crippen molar-refractivity contribution in [2.24, 2.45) is 0 Å². The van der Waals surface area contributed by atoms with E-state index in [1.807, 2.05) is 0 Å². The van der Waals surface area contributed by atoms with E-state index in [4.69, 9.17) is 0 Å². The van der Waals surface area contributed by atoms with Crippen LogP contribution in [0.25, 0.3) is 0 Å². The summed E-state index contributed by atoms with van der Waals surface area (Å²) in [5.74, 6) is 0. The van der Waals surface area contributed by atoms with Gasteiger partial charge in [-0.25, -0.2) is 0 Å². The largest absolute Gasteiger partial charge is 0.314 e. The van der Waals surface area contributed by atoms with Gasteiger partial charge in [-0.1, -0.05) is 149 Å². The second kappa shape index (κ2) is 9.89. The van der Waals surface area contributed by atoms with E-state index < -0.39 is 7.14 Å². The van der Waals surface area contributed by atoms with Crippen LogP contribution < -0.4 is 10.6 Å². The van der Waals surface area contributed by atoms with Crippen LogP contribution in [0.5, 0.6) is 0 Å². The minimum atomic E-state index is -3.08. The molecule has 2 aromatic rings. The fourth-order valence-electron chi connectivity index (χ4n) is 5.45. The van der Waals surface area contributed by atoms with E-state index in [1.165, 1.54) is 33.4 Å². The van der Waals surface area contributed by atoms with Crippen molar-refractivity contribution in [2.45, 2.75) is 157 Å². The zero-order valence-corrected chi connectivity index (χ0v) is 30.1. The Morgan fingerprint density at radius 1 is 0.385 bits per heavy atom. The Kier molecular flexibility index (Phi) is 8.59. The summed E-state index contributed by atoms with van der Waals surface area (Å²) in [5.41, 5.74) is 6.91. The van der Waals surface area contributed by atoms with Crippen LogP contribution in [0.1, 0.15) is 158 Å². The first-order valence-corrected chi connectivity index (χ1v) is 17.0. The summed E-state index contributed by atoms with van der Waals surface area (Å²) >= 11 is 0. The Hall–Kier alpha value is -1.33. The molecule has 2 aromatic carbocycles. The Labute approximate surface area is 243 Å². The van der Waals surface area contributed by atoms with E-state index in [1.54, 1.807) is 0 Å². The number of rotatable bonds is 2. The maximum absolute atomic E-state index is 16.0. The summed E-state index contributed by atoms with van der Waals surface area (Å²) in [5, 5.41) is 2.16.